The lowest BCUT2D eigenvalue weighted by Crippen LogP contribution is -2.30. The van der Waals surface area contributed by atoms with E-state index >= 15 is 0 Å². The number of ether oxygens (including phenoxy) is 3. The largest absolute Gasteiger partial charge is 0.462 e. The van der Waals surface area contributed by atoms with Crippen LogP contribution in [0.3, 0.4) is 0 Å². The first-order valence-electron chi connectivity index (χ1n) is 28.9. The Morgan fingerprint density at radius 3 is 0.897 bits per heavy atom. The van der Waals surface area contributed by atoms with Gasteiger partial charge >= 0.3 is 17.9 Å². The van der Waals surface area contributed by atoms with Gasteiger partial charge in [-0.05, 0) is 70.6 Å². The van der Waals surface area contributed by atoms with E-state index in [4.69, 9.17) is 14.2 Å². The molecule has 6 nitrogen and oxygen atoms in total. The van der Waals surface area contributed by atoms with Gasteiger partial charge in [-0.15, -0.1) is 0 Å². The zero-order valence-electron chi connectivity index (χ0n) is 44.9. The molecule has 0 N–H and O–H groups in total. The minimum atomic E-state index is -0.770. The van der Waals surface area contributed by atoms with Gasteiger partial charge in [-0.1, -0.05) is 267 Å². The molecule has 0 aromatic rings. The molecule has 1 unspecified atom stereocenters. The minimum Gasteiger partial charge on any atom is -0.462 e. The van der Waals surface area contributed by atoms with Gasteiger partial charge in [-0.25, -0.2) is 0 Å². The molecule has 68 heavy (non-hydrogen) atoms. The number of hydrogen-bond donors (Lipinski definition) is 0. The zero-order valence-corrected chi connectivity index (χ0v) is 44.9. The van der Waals surface area contributed by atoms with Crippen molar-refractivity contribution in [3.8, 4) is 0 Å². The number of esters is 3. The number of allylic oxidation sites excluding steroid dienone is 12. The van der Waals surface area contributed by atoms with Gasteiger partial charge in [0, 0.05) is 19.3 Å². The summed E-state index contributed by atoms with van der Waals surface area (Å²) in [6, 6.07) is 0. The molecule has 0 aromatic carbocycles. The van der Waals surface area contributed by atoms with Gasteiger partial charge in [0.1, 0.15) is 13.2 Å². The first-order valence-corrected chi connectivity index (χ1v) is 28.9. The van der Waals surface area contributed by atoms with Gasteiger partial charge in [0.25, 0.3) is 0 Å². The van der Waals surface area contributed by atoms with Crippen molar-refractivity contribution in [3.63, 3.8) is 0 Å². The summed E-state index contributed by atoms with van der Waals surface area (Å²) in [4.78, 5) is 37.8. The molecule has 0 saturated carbocycles. The second-order valence-corrected chi connectivity index (χ2v) is 19.2. The standard InChI is InChI=1S/C62H108O6/c1-4-7-10-13-16-18-20-22-24-25-26-27-28-29-30-31-32-33-34-35-36-37-39-40-42-44-46-49-52-55-61(64)67-58-59(57-66-60(63)54-51-48-15-12-9-6-3)68-62(65)56-53-50-47-45-43-41-38-23-21-19-17-14-11-8-5-2/h7,10,16,18,22,24,26-27,29-30,32-33,59H,4-6,8-9,11-15,17,19-21,23,25,28,31,34-58H2,1-3H3/b10-7-,18-16-,24-22-,27-26-,30-29-,33-32-. The van der Waals surface area contributed by atoms with Crippen molar-refractivity contribution < 1.29 is 28.6 Å². The molecule has 0 saturated heterocycles. The highest BCUT2D eigenvalue weighted by Gasteiger charge is 2.19. The van der Waals surface area contributed by atoms with Crippen LogP contribution in [0.1, 0.15) is 284 Å². The van der Waals surface area contributed by atoms with Crippen LogP contribution in [-0.4, -0.2) is 37.2 Å². The zero-order chi connectivity index (χ0) is 49.3. The average Bonchev–Trinajstić information content (AvgIpc) is 3.34. The third-order valence-corrected chi connectivity index (χ3v) is 12.5. The maximum atomic E-state index is 12.8. The maximum Gasteiger partial charge on any atom is 0.306 e. The Bertz CT molecular complexity index is 1270. The Kier molecular flexibility index (Phi) is 53.8. The van der Waals surface area contributed by atoms with Crippen molar-refractivity contribution in [2.75, 3.05) is 13.2 Å². The summed E-state index contributed by atoms with van der Waals surface area (Å²) in [5.41, 5.74) is 0. The van der Waals surface area contributed by atoms with Gasteiger partial charge in [-0.3, -0.25) is 14.4 Å². The molecular weight excluding hydrogens is 841 g/mol. The maximum absolute atomic E-state index is 12.8. The van der Waals surface area contributed by atoms with E-state index in [0.29, 0.717) is 19.3 Å². The highest BCUT2D eigenvalue weighted by molar-refractivity contribution is 5.71. The van der Waals surface area contributed by atoms with E-state index < -0.39 is 6.10 Å². The van der Waals surface area contributed by atoms with Gasteiger partial charge in [0.05, 0.1) is 0 Å². The van der Waals surface area contributed by atoms with Crippen LogP contribution in [0, 0.1) is 0 Å². The molecule has 0 aliphatic rings. The fourth-order valence-corrected chi connectivity index (χ4v) is 8.15. The number of rotatable bonds is 52. The number of carbonyl (C=O) groups excluding carboxylic acids is 3. The van der Waals surface area contributed by atoms with E-state index in [1.54, 1.807) is 0 Å². The molecule has 0 fully saturated rings. The third-order valence-electron chi connectivity index (χ3n) is 12.5. The predicted molar refractivity (Wildman–Crippen MR) is 293 cm³/mol. The van der Waals surface area contributed by atoms with E-state index in [1.807, 2.05) is 0 Å². The van der Waals surface area contributed by atoms with E-state index in [1.165, 1.54) is 148 Å². The Balaban J connectivity index is 4.09. The molecule has 0 aliphatic heterocycles. The second kappa shape index (κ2) is 56.4. The van der Waals surface area contributed by atoms with Crippen LogP contribution in [0.25, 0.3) is 0 Å². The van der Waals surface area contributed by atoms with Crippen molar-refractivity contribution in [1.29, 1.82) is 0 Å². The summed E-state index contributed by atoms with van der Waals surface area (Å²) in [5, 5.41) is 0. The number of hydrogen-bond acceptors (Lipinski definition) is 6. The van der Waals surface area contributed by atoms with Gasteiger partial charge in [0.15, 0.2) is 6.10 Å². The molecule has 6 heteroatoms. The average molecular weight is 950 g/mol. The van der Waals surface area contributed by atoms with Crippen molar-refractivity contribution in [2.24, 2.45) is 0 Å². The van der Waals surface area contributed by atoms with Crippen LogP contribution in [0.4, 0.5) is 0 Å². The second-order valence-electron chi connectivity index (χ2n) is 19.2. The quantitative estimate of drug-likeness (QED) is 0.0262. The van der Waals surface area contributed by atoms with Crippen LogP contribution in [0.2, 0.25) is 0 Å². The lowest BCUT2D eigenvalue weighted by atomic mass is 10.0. The van der Waals surface area contributed by atoms with Crippen LogP contribution in [-0.2, 0) is 28.6 Å². The first-order chi connectivity index (χ1) is 33.5. The highest BCUT2D eigenvalue weighted by Crippen LogP contribution is 2.16. The summed E-state index contributed by atoms with van der Waals surface area (Å²) >= 11 is 0. The SMILES string of the molecule is CC/C=C\C/C=C\C/C=C\C/C=C\C/C=C\C/C=C\CCCCCCCCCCCCC(=O)OCC(COC(=O)CCCCCCCC)OC(=O)CCCCCCCCCCCCCCCCC. The van der Waals surface area contributed by atoms with E-state index in [9.17, 15) is 14.4 Å². The monoisotopic (exact) mass is 949 g/mol. The molecule has 392 valence electrons. The van der Waals surface area contributed by atoms with Crippen molar-refractivity contribution in [1.82, 2.24) is 0 Å². The predicted octanol–water partition coefficient (Wildman–Crippen LogP) is 19.4. The van der Waals surface area contributed by atoms with E-state index in [-0.39, 0.29) is 31.1 Å². The molecule has 0 heterocycles. The summed E-state index contributed by atoms with van der Waals surface area (Å²) in [7, 11) is 0. The molecule has 0 radical (unpaired) electrons. The van der Waals surface area contributed by atoms with Crippen LogP contribution < -0.4 is 0 Å². The van der Waals surface area contributed by atoms with E-state index in [2.05, 4.69) is 93.7 Å². The Morgan fingerprint density at radius 2 is 0.574 bits per heavy atom. The van der Waals surface area contributed by atoms with Crippen LogP contribution >= 0.6 is 0 Å². The summed E-state index contributed by atoms with van der Waals surface area (Å²) in [6.07, 6.45) is 72.1. The molecule has 1 atom stereocenters. The number of unbranched alkanes of at least 4 members (excludes halogenated alkanes) is 29. The molecule has 0 aromatic heterocycles. The highest BCUT2D eigenvalue weighted by atomic mass is 16.6. The summed E-state index contributed by atoms with van der Waals surface area (Å²) < 4.78 is 16.8. The Labute approximate surface area is 421 Å². The third kappa shape index (κ3) is 53.8. The topological polar surface area (TPSA) is 78.9 Å². The first kappa shape index (κ1) is 64.8. The molecular formula is C62H108O6. The lowest BCUT2D eigenvalue weighted by molar-refractivity contribution is -0.167. The van der Waals surface area contributed by atoms with Gasteiger partial charge in [0.2, 0.25) is 0 Å². The Hall–Kier alpha value is -3.15. The van der Waals surface area contributed by atoms with Crippen LogP contribution in [0.15, 0.2) is 72.9 Å². The van der Waals surface area contributed by atoms with Crippen molar-refractivity contribution >= 4 is 17.9 Å². The van der Waals surface area contributed by atoms with E-state index in [0.717, 1.165) is 96.3 Å². The molecule has 0 amide bonds. The Morgan fingerprint density at radius 1 is 0.309 bits per heavy atom. The van der Waals surface area contributed by atoms with Crippen LogP contribution in [0.5, 0.6) is 0 Å². The smallest absolute Gasteiger partial charge is 0.306 e. The molecule has 0 spiro atoms. The molecule has 0 rings (SSSR count). The van der Waals surface area contributed by atoms with Crippen molar-refractivity contribution in [2.45, 2.75) is 290 Å². The molecule has 0 aliphatic carbocycles. The van der Waals surface area contributed by atoms with Gasteiger partial charge < -0.3 is 14.2 Å². The molecule has 0 bridgehead atoms. The fourth-order valence-electron chi connectivity index (χ4n) is 8.15. The minimum absolute atomic E-state index is 0.0734. The summed E-state index contributed by atoms with van der Waals surface area (Å²) in [6.45, 7) is 6.48. The number of carbonyl (C=O) groups is 3. The van der Waals surface area contributed by atoms with Crippen molar-refractivity contribution in [3.05, 3.63) is 72.9 Å². The normalized spacial score (nSPS) is 12.6. The fraction of sp³-hybridized carbons (Fsp3) is 0.758. The van der Waals surface area contributed by atoms with Gasteiger partial charge in [-0.2, -0.15) is 0 Å². The lowest BCUT2D eigenvalue weighted by Gasteiger charge is -2.18. The summed E-state index contributed by atoms with van der Waals surface area (Å²) in [5.74, 6) is -0.878.